The van der Waals surface area contributed by atoms with Gasteiger partial charge in [0.15, 0.2) is 5.43 Å². The second-order valence-corrected chi connectivity index (χ2v) is 9.34. The van der Waals surface area contributed by atoms with E-state index in [9.17, 15) is 20.3 Å². The predicted octanol–water partition coefficient (Wildman–Crippen LogP) is 5.55. The summed E-state index contributed by atoms with van der Waals surface area (Å²) in [7, 11) is 0. The summed E-state index contributed by atoms with van der Waals surface area (Å²) in [6, 6.07) is 34.9. The molecule has 6 aromatic rings. The Labute approximate surface area is 219 Å². The Balaban J connectivity index is 1.77. The van der Waals surface area contributed by atoms with Gasteiger partial charge in [-0.3, -0.25) is 4.79 Å². The molecule has 6 rings (SSSR count). The molecule has 0 spiro atoms. The van der Waals surface area contributed by atoms with Gasteiger partial charge in [0, 0.05) is 16.0 Å². The van der Waals surface area contributed by atoms with E-state index in [1.165, 1.54) is 0 Å². The summed E-state index contributed by atoms with van der Waals surface area (Å²) in [5.41, 5.74) is 6.42. The molecule has 182 valence electrons. The summed E-state index contributed by atoms with van der Waals surface area (Å²) in [4.78, 5) is 13.8. The minimum atomic E-state index is -0.152. The van der Waals surface area contributed by atoms with Crippen molar-refractivity contribution in [2.75, 3.05) is 0 Å². The molecule has 38 heavy (non-hydrogen) atoms. The van der Waals surface area contributed by atoms with E-state index in [0.29, 0.717) is 21.7 Å². The molecule has 0 aliphatic heterocycles. The lowest BCUT2D eigenvalue weighted by Crippen LogP contribution is -2.22. The van der Waals surface area contributed by atoms with E-state index in [2.05, 4.69) is 6.07 Å². The third kappa shape index (κ3) is 3.74. The lowest BCUT2D eigenvalue weighted by Gasteiger charge is -2.14. The fourth-order valence-electron chi connectivity index (χ4n) is 5.33. The number of nitrogens with zero attached hydrogens (tertiary/aromatic N) is 1. The quantitative estimate of drug-likeness (QED) is 0.330. The van der Waals surface area contributed by atoms with Gasteiger partial charge in [-0.25, -0.2) is 0 Å². The highest BCUT2D eigenvalue weighted by Gasteiger charge is 2.20. The molecule has 0 saturated heterocycles. The smallest absolute Gasteiger partial charge is 0.195 e. The Kier molecular flexibility index (Phi) is 5.94. The highest BCUT2D eigenvalue weighted by Crippen LogP contribution is 2.40. The molecule has 0 fully saturated rings. The zero-order valence-corrected chi connectivity index (χ0v) is 20.5. The van der Waals surface area contributed by atoms with E-state index >= 15 is 0 Å². The minimum absolute atomic E-state index is 0.0361. The number of hydrogen-bond donors (Lipinski definition) is 2. The van der Waals surface area contributed by atoms with Crippen LogP contribution in [0.5, 0.6) is 0 Å². The molecule has 0 aliphatic rings. The first-order valence-corrected chi connectivity index (χ1v) is 12.4. The highest BCUT2D eigenvalue weighted by molar-refractivity contribution is 6.21. The van der Waals surface area contributed by atoms with E-state index < -0.39 is 0 Å². The van der Waals surface area contributed by atoms with Gasteiger partial charge in [-0.05, 0) is 55.8 Å². The molecule has 4 nitrogen and oxygen atoms in total. The van der Waals surface area contributed by atoms with Crippen molar-refractivity contribution < 1.29 is 10.2 Å². The summed E-state index contributed by atoms with van der Waals surface area (Å²) in [6.07, 6.45) is 0. The van der Waals surface area contributed by atoms with Gasteiger partial charge in [-0.2, -0.15) is 5.26 Å². The predicted molar refractivity (Wildman–Crippen MR) is 151 cm³/mol. The first-order chi connectivity index (χ1) is 18.6. The SMILES string of the molecule is N#C/C(c1ccccc1)=c1\c(=O)c2ccc(-c3ccc(CO)cc3)c3c(-c4ccc(CO)cc4)ccc1c32. The van der Waals surface area contributed by atoms with Gasteiger partial charge in [-0.15, -0.1) is 0 Å². The van der Waals surface area contributed by atoms with Crippen LogP contribution >= 0.6 is 0 Å². The van der Waals surface area contributed by atoms with Crippen molar-refractivity contribution in [3.05, 3.63) is 135 Å². The number of hydrogen-bond acceptors (Lipinski definition) is 4. The topological polar surface area (TPSA) is 81.3 Å². The third-order valence-electron chi connectivity index (χ3n) is 7.22. The van der Waals surface area contributed by atoms with Crippen LogP contribution in [0.4, 0.5) is 0 Å². The lowest BCUT2D eigenvalue weighted by atomic mass is 9.89. The van der Waals surface area contributed by atoms with Crippen LogP contribution < -0.4 is 10.6 Å². The molecule has 6 aromatic carbocycles. The molecule has 0 aliphatic carbocycles. The maximum absolute atomic E-state index is 13.8. The van der Waals surface area contributed by atoms with Gasteiger partial charge in [0.05, 0.1) is 18.8 Å². The van der Waals surface area contributed by atoms with Crippen molar-refractivity contribution >= 4 is 27.1 Å². The molecule has 0 aromatic heterocycles. The number of aliphatic hydroxyl groups excluding tert-OH is 2. The van der Waals surface area contributed by atoms with Gasteiger partial charge < -0.3 is 10.2 Å². The fraction of sp³-hybridized carbons (Fsp3) is 0.0588. The van der Waals surface area contributed by atoms with E-state index in [-0.39, 0.29) is 18.6 Å². The van der Waals surface area contributed by atoms with Crippen LogP contribution in [0.25, 0.3) is 49.4 Å². The number of rotatable bonds is 5. The van der Waals surface area contributed by atoms with Gasteiger partial charge in [0.2, 0.25) is 0 Å². The summed E-state index contributed by atoms with van der Waals surface area (Å²) in [6.45, 7) is -0.0721. The van der Waals surface area contributed by atoms with Gasteiger partial charge >= 0.3 is 0 Å². The maximum atomic E-state index is 13.8. The van der Waals surface area contributed by atoms with E-state index in [4.69, 9.17) is 0 Å². The van der Waals surface area contributed by atoms with Crippen LogP contribution in [0.1, 0.15) is 16.7 Å². The van der Waals surface area contributed by atoms with Crippen LogP contribution in [-0.4, -0.2) is 10.2 Å². The molecule has 0 atom stereocenters. The van der Waals surface area contributed by atoms with Crippen molar-refractivity contribution in [3.63, 3.8) is 0 Å². The molecule has 0 heterocycles. The molecular formula is C34H23NO3. The molecule has 0 amide bonds. The van der Waals surface area contributed by atoms with Crippen molar-refractivity contribution in [3.8, 4) is 28.3 Å². The maximum Gasteiger partial charge on any atom is 0.195 e. The summed E-state index contributed by atoms with van der Waals surface area (Å²) in [5.74, 6) is 0. The summed E-state index contributed by atoms with van der Waals surface area (Å²) < 4.78 is 0. The first-order valence-electron chi connectivity index (χ1n) is 12.4. The number of benzene rings is 5. The van der Waals surface area contributed by atoms with Gasteiger partial charge in [0.1, 0.15) is 6.07 Å². The van der Waals surface area contributed by atoms with Crippen molar-refractivity contribution in [1.82, 2.24) is 0 Å². The zero-order valence-electron chi connectivity index (χ0n) is 20.5. The normalized spacial score (nSPS) is 12.1. The second kappa shape index (κ2) is 9.57. The van der Waals surface area contributed by atoms with Crippen LogP contribution in [0, 0.1) is 11.3 Å². The van der Waals surface area contributed by atoms with Crippen molar-refractivity contribution in [2.45, 2.75) is 13.2 Å². The van der Waals surface area contributed by atoms with E-state index in [0.717, 1.165) is 49.5 Å². The standard InChI is InChI=1S/C34H23NO3/c35-18-30(23-4-2-1-3-5-23)33-28-16-14-26(24-10-6-21(19-36)7-11-24)31-27(15-17-29(32(28)31)34(33)38)25-12-8-22(20-37)9-13-25/h1-17,36-37H,19-20H2/b33-30+. The van der Waals surface area contributed by atoms with E-state index in [1.807, 2.05) is 103 Å². The first kappa shape index (κ1) is 23.6. The Morgan fingerprint density at radius 2 is 1.16 bits per heavy atom. The molecule has 4 heteroatoms. The lowest BCUT2D eigenvalue weighted by molar-refractivity contribution is 0.281. The Hall–Kier alpha value is -4.82. The fourth-order valence-corrected chi connectivity index (χ4v) is 5.33. The van der Waals surface area contributed by atoms with Gasteiger partial charge in [0.25, 0.3) is 0 Å². The molecule has 0 unspecified atom stereocenters. The van der Waals surface area contributed by atoms with Crippen LogP contribution in [-0.2, 0) is 13.2 Å². The van der Waals surface area contributed by atoms with Crippen molar-refractivity contribution in [2.24, 2.45) is 0 Å². The molecule has 0 saturated carbocycles. The Morgan fingerprint density at radius 3 is 1.66 bits per heavy atom. The van der Waals surface area contributed by atoms with Crippen LogP contribution in [0.3, 0.4) is 0 Å². The zero-order chi connectivity index (χ0) is 26.2. The monoisotopic (exact) mass is 493 g/mol. The van der Waals surface area contributed by atoms with Crippen LogP contribution in [0.2, 0.25) is 0 Å². The Morgan fingerprint density at radius 1 is 0.632 bits per heavy atom. The van der Waals surface area contributed by atoms with Gasteiger partial charge in [-0.1, -0.05) is 97.1 Å². The summed E-state index contributed by atoms with van der Waals surface area (Å²) in [5, 5.41) is 32.7. The second-order valence-electron chi connectivity index (χ2n) is 9.34. The Bertz CT molecular complexity index is 1880. The number of aliphatic hydroxyl groups is 2. The summed E-state index contributed by atoms with van der Waals surface area (Å²) >= 11 is 0. The number of nitriles is 1. The van der Waals surface area contributed by atoms with Crippen molar-refractivity contribution in [1.29, 1.82) is 5.26 Å². The largest absolute Gasteiger partial charge is 0.392 e. The molecule has 2 N–H and O–H groups in total. The minimum Gasteiger partial charge on any atom is -0.392 e. The molecule has 0 bridgehead atoms. The average Bonchev–Trinajstić information content (AvgIpc) is 3.27. The molecule has 0 radical (unpaired) electrons. The van der Waals surface area contributed by atoms with E-state index in [1.54, 1.807) is 0 Å². The average molecular weight is 494 g/mol. The van der Waals surface area contributed by atoms with Crippen LogP contribution in [0.15, 0.2) is 108 Å². The molecular weight excluding hydrogens is 470 g/mol. The third-order valence-corrected chi connectivity index (χ3v) is 7.22. The highest BCUT2D eigenvalue weighted by atomic mass is 16.3.